The van der Waals surface area contributed by atoms with E-state index in [0.29, 0.717) is 0 Å². The first-order chi connectivity index (χ1) is 16.2. The van der Waals surface area contributed by atoms with Crippen LogP contribution in [0.25, 0.3) is 5.69 Å². The Balaban J connectivity index is 1.35. The van der Waals surface area contributed by atoms with Crippen molar-refractivity contribution in [1.82, 2.24) is 20.0 Å². The van der Waals surface area contributed by atoms with Crippen molar-refractivity contribution in [1.29, 1.82) is 0 Å². The highest BCUT2D eigenvalue weighted by Gasteiger charge is 2.35. The summed E-state index contributed by atoms with van der Waals surface area (Å²) >= 11 is 1.86. The van der Waals surface area contributed by atoms with E-state index < -0.39 is 0 Å². The quantitative estimate of drug-likeness (QED) is 0.550. The van der Waals surface area contributed by atoms with Crippen molar-refractivity contribution in [3.63, 3.8) is 0 Å². The molecule has 0 bridgehead atoms. The van der Waals surface area contributed by atoms with Gasteiger partial charge in [-0.25, -0.2) is 9.48 Å². The molecular formula is C26H31N5OS. The zero-order valence-electron chi connectivity index (χ0n) is 19.0. The van der Waals surface area contributed by atoms with Crippen LogP contribution in [0.4, 0.5) is 10.6 Å². The number of rotatable bonds is 7. The highest BCUT2D eigenvalue weighted by Crippen LogP contribution is 2.32. The fraction of sp³-hybridized carbons (Fsp3) is 0.385. The minimum absolute atomic E-state index is 0.0652. The van der Waals surface area contributed by atoms with E-state index in [4.69, 9.17) is 5.10 Å². The number of anilines is 1. The van der Waals surface area contributed by atoms with Gasteiger partial charge in [-0.2, -0.15) is 16.9 Å². The van der Waals surface area contributed by atoms with Crippen LogP contribution in [0.15, 0.2) is 60.7 Å². The molecule has 1 fully saturated rings. The SMILES string of the molecule is CSCCN1C[C@@H](NC(=O)Nc2c3c(nn2-c2ccccc2)CCC3)[C@H](c2ccccc2)C1. The molecule has 0 radical (unpaired) electrons. The van der Waals surface area contributed by atoms with Crippen LogP contribution in [0.1, 0.15) is 29.2 Å². The minimum atomic E-state index is -0.153. The van der Waals surface area contributed by atoms with Crippen molar-refractivity contribution in [3.8, 4) is 5.69 Å². The molecule has 2 aromatic carbocycles. The molecule has 0 spiro atoms. The third kappa shape index (κ3) is 4.80. The fourth-order valence-electron chi connectivity index (χ4n) is 5.06. The highest BCUT2D eigenvalue weighted by molar-refractivity contribution is 7.98. The predicted molar refractivity (Wildman–Crippen MR) is 136 cm³/mol. The van der Waals surface area contributed by atoms with Gasteiger partial charge >= 0.3 is 6.03 Å². The fourth-order valence-corrected chi connectivity index (χ4v) is 5.50. The van der Waals surface area contributed by atoms with Crippen LogP contribution in [-0.4, -0.2) is 58.4 Å². The second-order valence-corrected chi connectivity index (χ2v) is 9.83. The monoisotopic (exact) mass is 461 g/mol. The lowest BCUT2D eigenvalue weighted by Gasteiger charge is -2.21. The predicted octanol–water partition coefficient (Wildman–Crippen LogP) is 4.31. The molecule has 5 rings (SSSR count). The number of likely N-dealkylation sites (tertiary alicyclic amines) is 1. The van der Waals surface area contributed by atoms with E-state index >= 15 is 0 Å². The molecule has 2 amide bonds. The van der Waals surface area contributed by atoms with Gasteiger partial charge in [-0.15, -0.1) is 0 Å². The minimum Gasteiger partial charge on any atom is -0.333 e. The van der Waals surface area contributed by atoms with Gasteiger partial charge in [0.25, 0.3) is 0 Å². The Labute approximate surface area is 199 Å². The summed E-state index contributed by atoms with van der Waals surface area (Å²) in [5.41, 5.74) is 4.51. The first-order valence-electron chi connectivity index (χ1n) is 11.7. The number of hydrogen-bond donors (Lipinski definition) is 2. The Morgan fingerprint density at radius 1 is 1.06 bits per heavy atom. The normalized spacial score (nSPS) is 20.0. The summed E-state index contributed by atoms with van der Waals surface area (Å²) in [6, 6.07) is 20.5. The smallest absolute Gasteiger partial charge is 0.320 e. The number of nitrogens with zero attached hydrogens (tertiary/aromatic N) is 3. The largest absolute Gasteiger partial charge is 0.333 e. The molecule has 1 aliphatic carbocycles. The lowest BCUT2D eigenvalue weighted by molar-refractivity contribution is 0.247. The van der Waals surface area contributed by atoms with Crippen LogP contribution >= 0.6 is 11.8 Å². The number of nitrogens with one attached hydrogen (secondary N) is 2. The Hall–Kier alpha value is -2.77. The summed E-state index contributed by atoms with van der Waals surface area (Å²) in [5.74, 6) is 2.19. The molecule has 2 N–H and O–H groups in total. The summed E-state index contributed by atoms with van der Waals surface area (Å²) in [6.45, 7) is 2.87. The van der Waals surface area contributed by atoms with Crippen LogP contribution < -0.4 is 10.6 Å². The second-order valence-electron chi connectivity index (χ2n) is 8.85. The molecule has 2 heterocycles. The zero-order chi connectivity index (χ0) is 22.6. The standard InChI is InChI=1S/C26H31N5OS/c1-33-16-15-30-17-22(19-9-4-2-5-10-19)24(18-30)27-26(32)28-25-21-13-8-14-23(21)29-31(25)20-11-6-3-7-12-20/h2-7,9-12,22,24H,8,13-18H2,1H3,(H2,27,28,32)/t22-,24+/m0/s1. The third-order valence-electron chi connectivity index (χ3n) is 6.69. The number of urea groups is 1. The Morgan fingerprint density at radius 2 is 1.82 bits per heavy atom. The Morgan fingerprint density at radius 3 is 2.58 bits per heavy atom. The molecule has 2 atom stereocenters. The number of aromatic nitrogens is 2. The first kappa shape index (κ1) is 22.0. The average molecular weight is 462 g/mol. The number of para-hydroxylation sites is 1. The van der Waals surface area contributed by atoms with Gasteiger partial charge in [0.1, 0.15) is 5.82 Å². The van der Waals surface area contributed by atoms with Crippen LogP contribution in [0.3, 0.4) is 0 Å². The number of amides is 2. The maximum absolute atomic E-state index is 13.3. The molecule has 3 aromatic rings. The number of carbonyl (C=O) groups is 1. The van der Waals surface area contributed by atoms with Crippen molar-refractivity contribution >= 4 is 23.6 Å². The third-order valence-corrected chi connectivity index (χ3v) is 7.28. The van der Waals surface area contributed by atoms with Crippen LogP contribution in [-0.2, 0) is 12.8 Å². The van der Waals surface area contributed by atoms with E-state index in [0.717, 1.165) is 61.8 Å². The molecule has 6 nitrogen and oxygen atoms in total. The molecule has 1 aromatic heterocycles. The molecular weight excluding hydrogens is 430 g/mol. The summed E-state index contributed by atoms with van der Waals surface area (Å²) in [4.78, 5) is 15.7. The number of fused-ring (bicyclic) bond motifs is 1. The summed E-state index contributed by atoms with van der Waals surface area (Å²) < 4.78 is 1.89. The Kier molecular flexibility index (Phi) is 6.69. The van der Waals surface area contributed by atoms with E-state index in [-0.39, 0.29) is 18.0 Å². The van der Waals surface area contributed by atoms with Crippen molar-refractivity contribution < 1.29 is 4.79 Å². The molecule has 2 aliphatic rings. The second kappa shape index (κ2) is 10.0. The van der Waals surface area contributed by atoms with Gasteiger partial charge in [-0.05, 0) is 43.2 Å². The summed E-state index contributed by atoms with van der Waals surface area (Å²) in [7, 11) is 0. The maximum atomic E-state index is 13.3. The van der Waals surface area contributed by atoms with Gasteiger partial charge in [0, 0.05) is 36.9 Å². The van der Waals surface area contributed by atoms with Crippen LogP contribution in [0, 0.1) is 0 Å². The number of benzene rings is 2. The Bertz CT molecular complexity index is 1080. The van der Waals surface area contributed by atoms with E-state index in [9.17, 15) is 4.79 Å². The van der Waals surface area contributed by atoms with Gasteiger partial charge in [0.05, 0.1) is 17.4 Å². The van der Waals surface area contributed by atoms with Crippen LogP contribution in [0.5, 0.6) is 0 Å². The highest BCUT2D eigenvalue weighted by atomic mass is 32.2. The number of thioether (sulfide) groups is 1. The molecule has 0 saturated carbocycles. The van der Waals surface area contributed by atoms with Gasteiger partial charge in [-0.3, -0.25) is 10.2 Å². The average Bonchev–Trinajstić information content (AvgIpc) is 3.55. The van der Waals surface area contributed by atoms with Gasteiger partial charge in [0.2, 0.25) is 0 Å². The number of aryl methyl sites for hydroxylation is 1. The first-order valence-corrected chi connectivity index (χ1v) is 13.1. The summed E-state index contributed by atoms with van der Waals surface area (Å²) in [5, 5.41) is 11.3. The maximum Gasteiger partial charge on any atom is 0.320 e. The van der Waals surface area contributed by atoms with Gasteiger partial charge in [-0.1, -0.05) is 48.5 Å². The number of carbonyl (C=O) groups excluding carboxylic acids is 1. The molecule has 0 unspecified atom stereocenters. The van der Waals surface area contributed by atoms with E-state index in [1.165, 1.54) is 11.1 Å². The van der Waals surface area contributed by atoms with Crippen LogP contribution in [0.2, 0.25) is 0 Å². The zero-order valence-corrected chi connectivity index (χ0v) is 19.9. The van der Waals surface area contributed by atoms with E-state index in [1.54, 1.807) is 0 Å². The lowest BCUT2D eigenvalue weighted by atomic mass is 9.94. The van der Waals surface area contributed by atoms with Gasteiger partial charge < -0.3 is 5.32 Å². The number of hydrogen-bond acceptors (Lipinski definition) is 4. The van der Waals surface area contributed by atoms with Crippen molar-refractivity contribution in [2.45, 2.75) is 31.2 Å². The molecule has 172 valence electrons. The van der Waals surface area contributed by atoms with Crippen molar-refractivity contribution in [2.75, 3.05) is 37.0 Å². The van der Waals surface area contributed by atoms with E-state index in [2.05, 4.69) is 46.1 Å². The van der Waals surface area contributed by atoms with Crippen molar-refractivity contribution in [2.24, 2.45) is 0 Å². The topological polar surface area (TPSA) is 62.2 Å². The molecule has 1 aliphatic heterocycles. The molecule has 1 saturated heterocycles. The van der Waals surface area contributed by atoms with Gasteiger partial charge in [0.15, 0.2) is 0 Å². The van der Waals surface area contributed by atoms with E-state index in [1.807, 2.05) is 52.8 Å². The lowest BCUT2D eigenvalue weighted by Crippen LogP contribution is -2.42. The summed E-state index contributed by atoms with van der Waals surface area (Å²) in [6.07, 6.45) is 5.15. The molecule has 7 heteroatoms. The molecule has 33 heavy (non-hydrogen) atoms. The van der Waals surface area contributed by atoms with Crippen molar-refractivity contribution in [3.05, 3.63) is 77.5 Å².